The third kappa shape index (κ3) is 3.26. The average molecular weight is 278 g/mol. The van der Waals surface area contributed by atoms with Crippen molar-refractivity contribution in [3.63, 3.8) is 0 Å². The lowest BCUT2D eigenvalue weighted by molar-refractivity contribution is 0.0600. The largest absolute Gasteiger partial charge is 0.465 e. The number of ether oxygens (including phenoxy) is 1. The van der Waals surface area contributed by atoms with Crippen molar-refractivity contribution in [1.29, 1.82) is 0 Å². The fraction of sp³-hybridized carbons (Fsp3) is 0.571. The number of anilines is 1. The van der Waals surface area contributed by atoms with E-state index in [-0.39, 0.29) is 5.97 Å². The second-order valence-electron chi connectivity index (χ2n) is 5.13. The Morgan fingerprint density at radius 2 is 2.35 bits per heavy atom. The number of carbonyl (C=O) groups excluding carboxylic acids is 1. The Balaban J connectivity index is 2.28. The van der Waals surface area contributed by atoms with Gasteiger partial charge in [-0.25, -0.2) is 9.78 Å². The summed E-state index contributed by atoms with van der Waals surface area (Å²) in [6.07, 6.45) is 2.66. The summed E-state index contributed by atoms with van der Waals surface area (Å²) in [6, 6.07) is 0. The maximum Gasteiger partial charge on any atom is 0.341 e. The predicted molar refractivity (Wildman–Crippen MR) is 78.0 cm³/mol. The highest BCUT2D eigenvalue weighted by atomic mass is 16.5. The molecule has 6 nitrogen and oxygen atoms in total. The number of hydrogen-bond acceptors (Lipinski definition) is 6. The molecule has 1 aromatic rings. The van der Waals surface area contributed by atoms with E-state index in [4.69, 9.17) is 4.74 Å². The van der Waals surface area contributed by atoms with Gasteiger partial charge in [-0.3, -0.25) is 0 Å². The number of pyridine rings is 1. The lowest BCUT2D eigenvalue weighted by Crippen LogP contribution is -2.28. The molecule has 1 aliphatic heterocycles. The highest BCUT2D eigenvalue weighted by Crippen LogP contribution is 2.24. The minimum Gasteiger partial charge on any atom is -0.465 e. The Morgan fingerprint density at radius 1 is 1.55 bits per heavy atom. The Morgan fingerprint density at radius 3 is 3.05 bits per heavy atom. The fourth-order valence-corrected chi connectivity index (χ4v) is 2.32. The monoisotopic (exact) mass is 278 g/mol. The molecular formula is C14H22N4O2. The number of likely N-dealkylation sites (N-methyl/N-ethyl adjacent to an activating group) is 1. The molecule has 0 fully saturated rings. The molecule has 1 aromatic heterocycles. The second-order valence-corrected chi connectivity index (χ2v) is 5.13. The molecule has 0 bridgehead atoms. The number of rotatable bonds is 5. The first-order valence-corrected chi connectivity index (χ1v) is 6.82. The molecule has 110 valence electrons. The van der Waals surface area contributed by atoms with Crippen LogP contribution in [0.3, 0.4) is 0 Å². The minimum atomic E-state index is -0.316. The van der Waals surface area contributed by atoms with Crippen LogP contribution in [0, 0.1) is 0 Å². The van der Waals surface area contributed by atoms with Crippen molar-refractivity contribution in [1.82, 2.24) is 15.2 Å². The highest BCUT2D eigenvalue weighted by Gasteiger charge is 2.23. The summed E-state index contributed by atoms with van der Waals surface area (Å²) < 4.78 is 4.92. The summed E-state index contributed by atoms with van der Waals surface area (Å²) in [5, 5.41) is 6.52. The van der Waals surface area contributed by atoms with Gasteiger partial charge in [0.25, 0.3) is 0 Å². The zero-order chi connectivity index (χ0) is 14.5. The van der Waals surface area contributed by atoms with Crippen LogP contribution in [0.15, 0.2) is 6.20 Å². The third-order valence-corrected chi connectivity index (χ3v) is 3.38. The van der Waals surface area contributed by atoms with Crippen LogP contribution in [-0.2, 0) is 17.7 Å². The number of methoxy groups -OCH3 is 1. The first-order chi connectivity index (χ1) is 9.63. The molecule has 0 saturated carbocycles. The zero-order valence-corrected chi connectivity index (χ0v) is 12.3. The summed E-state index contributed by atoms with van der Waals surface area (Å²) in [7, 11) is 5.43. The van der Waals surface area contributed by atoms with Crippen molar-refractivity contribution < 1.29 is 9.53 Å². The van der Waals surface area contributed by atoms with Crippen LogP contribution in [-0.4, -0.2) is 56.7 Å². The Labute approximate surface area is 119 Å². The molecule has 0 spiro atoms. The Hall–Kier alpha value is -1.66. The summed E-state index contributed by atoms with van der Waals surface area (Å²) in [6.45, 7) is 3.24. The van der Waals surface area contributed by atoms with Gasteiger partial charge in [0.1, 0.15) is 11.4 Å². The van der Waals surface area contributed by atoms with Gasteiger partial charge in [0.15, 0.2) is 0 Å². The highest BCUT2D eigenvalue weighted by molar-refractivity contribution is 5.96. The quantitative estimate of drug-likeness (QED) is 0.764. The fourth-order valence-electron chi connectivity index (χ4n) is 2.32. The van der Waals surface area contributed by atoms with Crippen molar-refractivity contribution >= 4 is 11.8 Å². The molecular weight excluding hydrogens is 256 g/mol. The molecule has 0 aliphatic carbocycles. The van der Waals surface area contributed by atoms with Gasteiger partial charge in [-0.1, -0.05) is 0 Å². The van der Waals surface area contributed by atoms with Gasteiger partial charge >= 0.3 is 5.97 Å². The molecule has 0 atom stereocenters. The maximum absolute atomic E-state index is 12.1. The Kier molecular flexibility index (Phi) is 4.92. The maximum atomic E-state index is 12.1. The molecule has 2 heterocycles. The van der Waals surface area contributed by atoms with Gasteiger partial charge in [0, 0.05) is 25.8 Å². The number of hydrogen-bond donors (Lipinski definition) is 2. The number of nitrogens with one attached hydrogen (secondary N) is 2. The van der Waals surface area contributed by atoms with Crippen molar-refractivity contribution in [3.05, 3.63) is 22.9 Å². The van der Waals surface area contributed by atoms with E-state index in [1.54, 1.807) is 0 Å². The van der Waals surface area contributed by atoms with Gasteiger partial charge in [0.05, 0.1) is 7.11 Å². The summed E-state index contributed by atoms with van der Waals surface area (Å²) in [5.74, 6) is 0.308. The predicted octanol–water partition coefficient (Wildman–Crippen LogP) is 0.487. The molecule has 0 unspecified atom stereocenters. The molecule has 20 heavy (non-hydrogen) atoms. The number of carbonyl (C=O) groups is 1. The summed E-state index contributed by atoms with van der Waals surface area (Å²) >= 11 is 0. The van der Waals surface area contributed by atoms with Crippen LogP contribution in [0.2, 0.25) is 0 Å². The van der Waals surface area contributed by atoms with Gasteiger partial charge in [-0.15, -0.1) is 0 Å². The van der Waals surface area contributed by atoms with E-state index in [1.165, 1.54) is 7.11 Å². The number of fused-ring (bicyclic) bond motifs is 1. The van der Waals surface area contributed by atoms with Gasteiger partial charge in [0.2, 0.25) is 0 Å². The number of esters is 1. The van der Waals surface area contributed by atoms with E-state index in [9.17, 15) is 4.79 Å². The van der Waals surface area contributed by atoms with Crippen LogP contribution in [0.1, 0.15) is 21.5 Å². The Bertz CT molecular complexity index is 488. The second kappa shape index (κ2) is 6.67. The van der Waals surface area contributed by atoms with E-state index in [2.05, 4.69) is 20.5 Å². The van der Waals surface area contributed by atoms with Crippen LogP contribution >= 0.6 is 0 Å². The summed E-state index contributed by atoms with van der Waals surface area (Å²) in [4.78, 5) is 18.5. The van der Waals surface area contributed by atoms with Crippen molar-refractivity contribution in [2.24, 2.45) is 0 Å². The topological polar surface area (TPSA) is 66.5 Å². The molecule has 2 rings (SSSR count). The molecule has 2 N–H and O–H groups in total. The van der Waals surface area contributed by atoms with Gasteiger partial charge < -0.3 is 20.3 Å². The first kappa shape index (κ1) is 14.7. The van der Waals surface area contributed by atoms with E-state index < -0.39 is 0 Å². The van der Waals surface area contributed by atoms with Crippen molar-refractivity contribution in [3.8, 4) is 0 Å². The van der Waals surface area contributed by atoms with E-state index in [0.29, 0.717) is 11.4 Å². The average Bonchev–Trinajstić information content (AvgIpc) is 2.45. The molecule has 0 radical (unpaired) electrons. The van der Waals surface area contributed by atoms with Gasteiger partial charge in [-0.2, -0.15) is 0 Å². The smallest absolute Gasteiger partial charge is 0.341 e. The third-order valence-electron chi connectivity index (χ3n) is 3.38. The number of nitrogens with zero attached hydrogens (tertiary/aromatic N) is 2. The molecule has 1 aliphatic rings. The van der Waals surface area contributed by atoms with Crippen LogP contribution < -0.4 is 10.6 Å². The van der Waals surface area contributed by atoms with E-state index in [1.807, 2.05) is 20.3 Å². The lowest BCUT2D eigenvalue weighted by atomic mass is 9.97. The number of aromatic nitrogens is 1. The molecule has 0 aromatic carbocycles. The zero-order valence-electron chi connectivity index (χ0n) is 12.3. The van der Waals surface area contributed by atoms with Gasteiger partial charge in [-0.05, 0) is 38.2 Å². The van der Waals surface area contributed by atoms with Crippen LogP contribution in [0.25, 0.3) is 0 Å². The van der Waals surface area contributed by atoms with E-state index in [0.717, 1.165) is 43.7 Å². The van der Waals surface area contributed by atoms with E-state index >= 15 is 0 Å². The summed E-state index contributed by atoms with van der Waals surface area (Å²) in [5.41, 5.74) is 2.72. The van der Waals surface area contributed by atoms with Crippen molar-refractivity contribution in [2.45, 2.75) is 13.0 Å². The van der Waals surface area contributed by atoms with Crippen molar-refractivity contribution in [2.75, 3.05) is 46.2 Å². The SMILES string of the molecule is COC(=O)c1c(NCCN(C)C)ncc2c1CCNC2. The normalized spacial score (nSPS) is 14.0. The van der Waals surface area contributed by atoms with Crippen LogP contribution in [0.5, 0.6) is 0 Å². The molecule has 0 saturated heterocycles. The minimum absolute atomic E-state index is 0.316. The lowest BCUT2D eigenvalue weighted by Gasteiger charge is -2.21. The molecule has 0 amide bonds. The molecule has 6 heteroatoms. The first-order valence-electron chi connectivity index (χ1n) is 6.82. The van der Waals surface area contributed by atoms with Crippen LogP contribution in [0.4, 0.5) is 5.82 Å². The standard InChI is InChI=1S/C14H22N4O2/c1-18(2)7-6-16-13-12(14(19)20-3)11-4-5-15-8-10(11)9-17-13/h9,15H,4-8H2,1-3H3,(H,16,17).